The monoisotopic (exact) mass is 681 g/mol. The predicted octanol–water partition coefficient (Wildman–Crippen LogP) is 6.65. The molecule has 2 amide bonds. The molecule has 206 valence electrons. The Bertz CT molecular complexity index is 1120. The van der Waals surface area contributed by atoms with E-state index in [1.165, 1.54) is 18.0 Å². The Labute approximate surface area is 238 Å². The number of nitrogens with one attached hydrogen (secondary N) is 1. The number of likely N-dealkylation sites (tertiary alicyclic amines) is 1. The number of hydrogen-bond donors (Lipinski definition) is 1. The van der Waals surface area contributed by atoms with Crippen LogP contribution in [0.2, 0.25) is 0 Å². The number of hydroxylamine groups is 1. The second-order valence-electron chi connectivity index (χ2n) is 7.98. The third-order valence-electron chi connectivity index (χ3n) is 5.37. The number of halogens is 5. The molecule has 8 nitrogen and oxygen atoms in total. The van der Waals surface area contributed by atoms with Crippen LogP contribution in [0.25, 0.3) is 0 Å². The minimum Gasteiger partial charge on any atom is -0.445 e. The Balaban J connectivity index is 1.79. The molecule has 1 heterocycles. The maximum atomic E-state index is 13.6. The van der Waals surface area contributed by atoms with Gasteiger partial charge in [0.15, 0.2) is 0 Å². The fourth-order valence-electron chi connectivity index (χ4n) is 3.67. The quantitative estimate of drug-likeness (QED) is 0.130. The van der Waals surface area contributed by atoms with E-state index in [2.05, 4.69) is 42.3 Å². The highest BCUT2D eigenvalue weighted by atomic mass is 79.9. The summed E-state index contributed by atoms with van der Waals surface area (Å²) < 4.78 is 51.3. The van der Waals surface area contributed by atoms with Gasteiger partial charge in [0.1, 0.15) is 6.61 Å². The van der Waals surface area contributed by atoms with Crippen molar-refractivity contribution < 1.29 is 36.8 Å². The summed E-state index contributed by atoms with van der Waals surface area (Å²) in [5.74, 6) is -1.77. The lowest BCUT2D eigenvalue weighted by molar-refractivity contribution is -0.238. The first-order valence-corrected chi connectivity index (χ1v) is 13.8. The van der Waals surface area contributed by atoms with E-state index in [0.717, 1.165) is 23.8 Å². The van der Waals surface area contributed by atoms with E-state index in [9.17, 15) is 22.8 Å². The van der Waals surface area contributed by atoms with Crippen LogP contribution in [0.15, 0.2) is 63.7 Å². The van der Waals surface area contributed by atoms with Crippen LogP contribution in [0.1, 0.15) is 24.0 Å². The maximum Gasteiger partial charge on any atom is 0.472 e. The topological polar surface area (TPSA) is 80.3 Å². The van der Waals surface area contributed by atoms with Gasteiger partial charge < -0.3 is 9.64 Å². The lowest BCUT2D eigenvalue weighted by Gasteiger charge is -2.25. The van der Waals surface area contributed by atoms with Gasteiger partial charge in [-0.05, 0) is 74.0 Å². The van der Waals surface area contributed by atoms with Gasteiger partial charge >= 0.3 is 18.2 Å². The Kier molecular flexibility index (Phi) is 11.5. The summed E-state index contributed by atoms with van der Waals surface area (Å²) in [6, 6.07) is 11.7. The molecule has 1 atom stereocenters. The number of rotatable bonds is 10. The fourth-order valence-corrected chi connectivity index (χ4v) is 5.80. The number of amides is 2. The van der Waals surface area contributed by atoms with E-state index in [-0.39, 0.29) is 21.2 Å². The molecular formula is C24H24Br2F3N3O5S. The highest BCUT2D eigenvalue weighted by molar-refractivity contribution is 9.11. The van der Waals surface area contributed by atoms with Crippen LogP contribution < -0.4 is 10.4 Å². The molecule has 1 aliphatic heterocycles. The van der Waals surface area contributed by atoms with E-state index >= 15 is 0 Å². The van der Waals surface area contributed by atoms with E-state index in [0.29, 0.717) is 35.6 Å². The lowest BCUT2D eigenvalue weighted by atomic mass is 10.2. The lowest BCUT2D eigenvalue weighted by Crippen LogP contribution is -2.39. The van der Waals surface area contributed by atoms with Crippen LogP contribution in [0.4, 0.5) is 23.7 Å². The molecular weight excluding hydrogens is 659 g/mol. The Morgan fingerprint density at radius 2 is 1.87 bits per heavy atom. The van der Waals surface area contributed by atoms with Crippen molar-refractivity contribution in [2.24, 2.45) is 0 Å². The molecule has 14 heteroatoms. The second kappa shape index (κ2) is 14.3. The molecule has 0 bridgehead atoms. The molecule has 2 aromatic carbocycles. The first-order chi connectivity index (χ1) is 18.1. The Morgan fingerprint density at radius 3 is 2.50 bits per heavy atom. The van der Waals surface area contributed by atoms with E-state index < -0.39 is 24.2 Å². The number of hydrogen-bond acceptors (Lipinski definition) is 7. The molecule has 2 aromatic rings. The summed E-state index contributed by atoms with van der Waals surface area (Å²) in [5, 5.41) is 0. The van der Waals surface area contributed by atoms with Crippen molar-refractivity contribution in [1.29, 1.82) is 0 Å². The van der Waals surface area contributed by atoms with Crippen LogP contribution in [0.5, 0.6) is 0 Å². The highest BCUT2D eigenvalue weighted by Gasteiger charge is 2.43. The fraction of sp³-hybridized carbons (Fsp3) is 0.333. The second-order valence-corrected chi connectivity index (χ2v) is 10.4. The number of alkyl halides is 3. The smallest absolute Gasteiger partial charge is 0.445 e. The highest BCUT2D eigenvalue weighted by Crippen LogP contribution is 2.39. The van der Waals surface area contributed by atoms with Crippen molar-refractivity contribution in [2.75, 3.05) is 18.5 Å². The van der Waals surface area contributed by atoms with Gasteiger partial charge in [0.05, 0.1) is 11.7 Å². The van der Waals surface area contributed by atoms with E-state index in [1.807, 2.05) is 30.3 Å². The first kappa shape index (κ1) is 30.4. The number of benzene rings is 2. The van der Waals surface area contributed by atoms with Crippen molar-refractivity contribution in [1.82, 2.24) is 10.4 Å². The summed E-state index contributed by atoms with van der Waals surface area (Å²) in [6.07, 6.45) is -2.11. The zero-order valence-electron chi connectivity index (χ0n) is 20.0. The van der Waals surface area contributed by atoms with Gasteiger partial charge in [-0.1, -0.05) is 30.3 Å². The zero-order valence-corrected chi connectivity index (χ0v) is 24.0. The average Bonchev–Trinajstić information content (AvgIpc) is 3.35. The predicted molar refractivity (Wildman–Crippen MR) is 143 cm³/mol. The molecule has 1 saturated heterocycles. The van der Waals surface area contributed by atoms with Gasteiger partial charge in [0, 0.05) is 46.5 Å². The molecule has 1 N–H and O–H groups in total. The van der Waals surface area contributed by atoms with Crippen LogP contribution in [0, 0.1) is 0 Å². The summed E-state index contributed by atoms with van der Waals surface area (Å²) in [7, 11) is 1.51. The SMILES string of the molecule is CNOOSCc1cc(Br)c(N(/C=C/[C@H]2CCCN2C(=O)OCc2ccccc2)C(=O)C(F)(F)F)c(Br)c1. The average molecular weight is 683 g/mol. The van der Waals surface area contributed by atoms with Gasteiger partial charge in [-0.25, -0.2) is 4.79 Å². The van der Waals surface area contributed by atoms with Crippen LogP contribution in [0.3, 0.4) is 0 Å². The number of carbonyl (C=O) groups is 2. The van der Waals surface area contributed by atoms with Crippen molar-refractivity contribution in [2.45, 2.75) is 37.4 Å². The van der Waals surface area contributed by atoms with Crippen LogP contribution in [-0.2, 0) is 31.2 Å². The van der Waals surface area contributed by atoms with Gasteiger partial charge in [0.25, 0.3) is 0 Å². The molecule has 0 saturated carbocycles. The number of carbonyl (C=O) groups excluding carboxylic acids is 2. The summed E-state index contributed by atoms with van der Waals surface area (Å²) in [4.78, 5) is 31.6. The summed E-state index contributed by atoms with van der Waals surface area (Å²) in [6.45, 7) is 0.455. The van der Waals surface area contributed by atoms with Gasteiger partial charge in [-0.2, -0.15) is 18.7 Å². The molecule has 1 aliphatic rings. The largest absolute Gasteiger partial charge is 0.472 e. The summed E-state index contributed by atoms with van der Waals surface area (Å²) >= 11 is 7.52. The molecule has 3 rings (SSSR count). The third kappa shape index (κ3) is 8.45. The molecule has 0 radical (unpaired) electrons. The maximum absolute atomic E-state index is 13.6. The van der Waals surface area contributed by atoms with Crippen molar-refractivity contribution >= 4 is 61.6 Å². The van der Waals surface area contributed by atoms with E-state index in [4.69, 9.17) is 9.07 Å². The zero-order chi connectivity index (χ0) is 27.7. The first-order valence-electron chi connectivity index (χ1n) is 11.3. The molecule has 0 spiro atoms. The molecule has 38 heavy (non-hydrogen) atoms. The molecule has 0 aromatic heterocycles. The molecule has 1 fully saturated rings. The normalized spacial score (nSPS) is 15.7. The van der Waals surface area contributed by atoms with Crippen molar-refractivity contribution in [3.8, 4) is 0 Å². The minimum absolute atomic E-state index is 0.0408. The number of nitrogens with zero attached hydrogens (tertiary/aromatic N) is 2. The van der Waals surface area contributed by atoms with Crippen LogP contribution in [-0.4, -0.2) is 42.7 Å². The van der Waals surface area contributed by atoms with E-state index in [1.54, 1.807) is 12.1 Å². The summed E-state index contributed by atoms with van der Waals surface area (Å²) in [5.41, 5.74) is 3.79. The van der Waals surface area contributed by atoms with Gasteiger partial charge in [0.2, 0.25) is 0 Å². The molecule has 0 aliphatic carbocycles. The number of anilines is 1. The third-order valence-corrected chi connectivity index (χ3v) is 7.19. The van der Waals surface area contributed by atoms with Crippen LogP contribution >= 0.6 is 43.9 Å². The van der Waals surface area contributed by atoms with Crippen molar-refractivity contribution in [3.63, 3.8) is 0 Å². The van der Waals surface area contributed by atoms with Gasteiger partial charge in [-0.15, -0.1) is 9.32 Å². The standard InChI is InChI=1S/C24H24Br2F3N3O5S/c1-30-36-37-38-15-17-12-19(25)21(20(26)13-17)32(22(33)24(27,28)29)11-9-18-8-5-10-31(18)23(34)35-14-16-6-3-2-4-7-16/h2-4,6-7,9,11-13,18,30H,5,8,10,14-15H2,1H3/b11-9+/t18-/m1/s1. The Morgan fingerprint density at radius 1 is 1.18 bits per heavy atom. The van der Waals surface area contributed by atoms with Crippen molar-refractivity contribution in [3.05, 3.63) is 74.8 Å². The minimum atomic E-state index is -5.14. The Hall–Kier alpha value is -2.10. The molecule has 0 unspecified atom stereocenters. The van der Waals surface area contributed by atoms with Gasteiger partial charge in [-0.3, -0.25) is 9.69 Å². The number of ether oxygens (including phenoxy) is 1.